The van der Waals surface area contributed by atoms with E-state index < -0.39 is 4.92 Å². The van der Waals surface area contributed by atoms with Crippen molar-refractivity contribution >= 4 is 5.69 Å². The Morgan fingerprint density at radius 2 is 2.20 bits per heavy atom. The average molecular weight is 206 g/mol. The zero-order chi connectivity index (χ0) is 11.1. The van der Waals surface area contributed by atoms with Crippen LogP contribution in [0.4, 0.5) is 5.69 Å². The number of ether oxygens (including phenoxy) is 1. The molecule has 0 saturated carbocycles. The Labute approximate surface area is 88.0 Å². The summed E-state index contributed by atoms with van der Waals surface area (Å²) in [7, 11) is 0. The van der Waals surface area contributed by atoms with Gasteiger partial charge in [-0.2, -0.15) is 0 Å². The molecule has 1 aliphatic rings. The minimum atomic E-state index is -0.395. The van der Waals surface area contributed by atoms with Crippen LogP contribution in [0.25, 0.3) is 0 Å². The highest BCUT2D eigenvalue weighted by Gasteiger charge is 2.27. The van der Waals surface area contributed by atoms with Crippen LogP contribution in [0.3, 0.4) is 0 Å². The summed E-state index contributed by atoms with van der Waals surface area (Å²) >= 11 is 0. The van der Waals surface area contributed by atoms with Crippen molar-refractivity contribution in [3.05, 3.63) is 40.3 Å². The molecule has 2 rings (SSSR count). The molecule has 0 aliphatic carbocycles. The van der Waals surface area contributed by atoms with Crippen LogP contribution in [0.15, 0.2) is 18.2 Å². The molecule has 1 heterocycles. The molecule has 0 spiro atoms. The molecule has 0 N–H and O–H groups in total. The number of hydrogen-bond acceptors (Lipinski definition) is 3. The molecule has 0 aromatic heterocycles. The molecule has 0 unspecified atom stereocenters. The molecule has 1 aromatic rings. The second-order valence-electron chi connectivity index (χ2n) is 4.25. The standard InChI is InChI=1S/C11H12NO3/c1-11(2)6-5-8-7-9(12(13)14)3-4-10(8)15-11/h3-5,7H,6H2,1-2H3. The van der Waals surface area contributed by atoms with E-state index in [1.54, 1.807) is 12.1 Å². The SMILES string of the molecule is CC1(C)C[CH]c2cc([N+](=O)[O-])ccc2O1. The van der Waals surface area contributed by atoms with E-state index in [0.29, 0.717) is 0 Å². The fraction of sp³-hybridized carbons (Fsp3) is 0.364. The number of hydrogen-bond donors (Lipinski definition) is 0. The molecule has 4 nitrogen and oxygen atoms in total. The van der Waals surface area contributed by atoms with Gasteiger partial charge in [-0.1, -0.05) is 0 Å². The van der Waals surface area contributed by atoms with Crippen molar-refractivity contribution < 1.29 is 9.66 Å². The monoisotopic (exact) mass is 206 g/mol. The highest BCUT2D eigenvalue weighted by atomic mass is 16.6. The predicted octanol–water partition coefficient (Wildman–Crippen LogP) is 2.71. The maximum atomic E-state index is 10.6. The van der Waals surface area contributed by atoms with Crippen molar-refractivity contribution in [2.24, 2.45) is 0 Å². The van der Waals surface area contributed by atoms with E-state index in [1.807, 2.05) is 20.3 Å². The Morgan fingerprint density at radius 1 is 1.47 bits per heavy atom. The van der Waals surface area contributed by atoms with E-state index in [-0.39, 0.29) is 11.3 Å². The zero-order valence-corrected chi connectivity index (χ0v) is 8.69. The van der Waals surface area contributed by atoms with Gasteiger partial charge in [0.1, 0.15) is 11.4 Å². The number of rotatable bonds is 1. The van der Waals surface area contributed by atoms with E-state index in [9.17, 15) is 10.1 Å². The predicted molar refractivity (Wildman–Crippen MR) is 55.8 cm³/mol. The molecule has 0 saturated heterocycles. The smallest absolute Gasteiger partial charge is 0.269 e. The number of nitro benzene ring substituents is 1. The Morgan fingerprint density at radius 3 is 2.87 bits per heavy atom. The lowest BCUT2D eigenvalue weighted by Gasteiger charge is -2.32. The molecule has 0 fully saturated rings. The van der Waals surface area contributed by atoms with Gasteiger partial charge >= 0.3 is 0 Å². The molecule has 15 heavy (non-hydrogen) atoms. The van der Waals surface area contributed by atoms with E-state index >= 15 is 0 Å². The van der Waals surface area contributed by atoms with Crippen LogP contribution >= 0.6 is 0 Å². The summed E-state index contributed by atoms with van der Waals surface area (Å²) in [5.74, 6) is 0.719. The highest BCUT2D eigenvalue weighted by Crippen LogP contribution is 2.35. The van der Waals surface area contributed by atoms with Gasteiger partial charge in [-0.15, -0.1) is 0 Å². The lowest BCUT2D eigenvalue weighted by Crippen LogP contribution is -2.31. The first-order valence-corrected chi connectivity index (χ1v) is 4.79. The van der Waals surface area contributed by atoms with Crippen molar-refractivity contribution in [3.63, 3.8) is 0 Å². The Kier molecular flexibility index (Phi) is 2.14. The van der Waals surface area contributed by atoms with Crippen LogP contribution in [-0.4, -0.2) is 10.5 Å². The fourth-order valence-corrected chi connectivity index (χ4v) is 1.60. The van der Waals surface area contributed by atoms with Crippen LogP contribution in [0.1, 0.15) is 25.8 Å². The summed E-state index contributed by atoms with van der Waals surface area (Å²) in [5.41, 5.74) is 0.695. The molecular weight excluding hydrogens is 194 g/mol. The van der Waals surface area contributed by atoms with Gasteiger partial charge in [-0.3, -0.25) is 10.1 Å². The number of fused-ring (bicyclic) bond motifs is 1. The minimum Gasteiger partial charge on any atom is -0.488 e. The van der Waals surface area contributed by atoms with Crippen molar-refractivity contribution in [2.45, 2.75) is 25.9 Å². The lowest BCUT2D eigenvalue weighted by molar-refractivity contribution is -0.384. The number of non-ortho nitro benzene ring substituents is 1. The zero-order valence-electron chi connectivity index (χ0n) is 8.69. The van der Waals surface area contributed by atoms with Crippen LogP contribution in [0, 0.1) is 16.5 Å². The second kappa shape index (κ2) is 3.22. The molecule has 0 atom stereocenters. The third-order valence-corrected chi connectivity index (χ3v) is 2.40. The molecule has 1 radical (unpaired) electrons. The number of nitrogens with zero attached hydrogens (tertiary/aromatic N) is 1. The third kappa shape index (κ3) is 1.93. The van der Waals surface area contributed by atoms with E-state index in [0.717, 1.165) is 17.7 Å². The van der Waals surface area contributed by atoms with Crippen LogP contribution in [0.2, 0.25) is 0 Å². The first-order valence-electron chi connectivity index (χ1n) is 4.79. The van der Waals surface area contributed by atoms with Gasteiger partial charge in [0.2, 0.25) is 0 Å². The summed E-state index contributed by atoms with van der Waals surface area (Å²) in [6.45, 7) is 3.99. The summed E-state index contributed by atoms with van der Waals surface area (Å²) in [4.78, 5) is 10.2. The second-order valence-corrected chi connectivity index (χ2v) is 4.25. The maximum Gasteiger partial charge on any atom is 0.269 e. The topological polar surface area (TPSA) is 52.4 Å². The number of nitro groups is 1. The first-order chi connectivity index (χ1) is 6.98. The Hall–Kier alpha value is -1.58. The quantitative estimate of drug-likeness (QED) is 0.524. The summed E-state index contributed by atoms with van der Waals surface area (Å²) in [5, 5.41) is 10.6. The van der Waals surface area contributed by atoms with Gasteiger partial charge in [0.15, 0.2) is 0 Å². The molecule has 1 aliphatic heterocycles. The van der Waals surface area contributed by atoms with Crippen molar-refractivity contribution in [1.29, 1.82) is 0 Å². The third-order valence-electron chi connectivity index (χ3n) is 2.40. The molecule has 4 heteroatoms. The normalized spacial score (nSPS) is 17.7. The van der Waals surface area contributed by atoms with Gasteiger partial charge in [0.25, 0.3) is 5.69 Å². The summed E-state index contributed by atoms with van der Waals surface area (Å²) < 4.78 is 5.70. The first kappa shape index (κ1) is 9.96. The van der Waals surface area contributed by atoms with Crippen molar-refractivity contribution in [1.82, 2.24) is 0 Å². The maximum absolute atomic E-state index is 10.6. The van der Waals surface area contributed by atoms with Gasteiger partial charge in [-0.05, 0) is 32.8 Å². The highest BCUT2D eigenvalue weighted by molar-refractivity contribution is 5.48. The van der Waals surface area contributed by atoms with E-state index in [2.05, 4.69) is 0 Å². The van der Waals surface area contributed by atoms with Gasteiger partial charge in [0, 0.05) is 17.7 Å². The van der Waals surface area contributed by atoms with E-state index in [4.69, 9.17) is 4.74 Å². The van der Waals surface area contributed by atoms with Crippen LogP contribution in [-0.2, 0) is 0 Å². The van der Waals surface area contributed by atoms with Gasteiger partial charge < -0.3 is 4.74 Å². The Bertz CT molecular complexity index is 412. The van der Waals surface area contributed by atoms with Crippen LogP contribution in [0.5, 0.6) is 5.75 Å². The number of benzene rings is 1. The summed E-state index contributed by atoms with van der Waals surface area (Å²) in [6.07, 6.45) is 2.74. The molecule has 1 aromatic carbocycles. The summed E-state index contributed by atoms with van der Waals surface area (Å²) in [6, 6.07) is 4.67. The fourth-order valence-electron chi connectivity index (χ4n) is 1.60. The molecule has 0 amide bonds. The molecular formula is C11H12NO3. The van der Waals surface area contributed by atoms with Gasteiger partial charge in [-0.25, -0.2) is 0 Å². The van der Waals surface area contributed by atoms with Crippen LogP contribution < -0.4 is 4.74 Å². The molecule has 0 bridgehead atoms. The average Bonchev–Trinajstić information content (AvgIpc) is 2.15. The minimum absolute atomic E-state index is 0.105. The molecule has 79 valence electrons. The van der Waals surface area contributed by atoms with Gasteiger partial charge in [0.05, 0.1) is 4.92 Å². The van der Waals surface area contributed by atoms with E-state index in [1.165, 1.54) is 6.07 Å². The Balaban J connectivity index is 2.36. The largest absolute Gasteiger partial charge is 0.488 e. The lowest BCUT2D eigenvalue weighted by atomic mass is 9.94. The van der Waals surface area contributed by atoms with Crippen molar-refractivity contribution in [3.8, 4) is 5.75 Å². The van der Waals surface area contributed by atoms with Crippen molar-refractivity contribution in [2.75, 3.05) is 0 Å².